The van der Waals surface area contributed by atoms with E-state index >= 15 is 0 Å². The minimum Gasteiger partial charge on any atom is -0.354 e. The Morgan fingerprint density at radius 1 is 1.35 bits per heavy atom. The Balaban J connectivity index is 1.79. The molecule has 1 N–H and O–H groups in total. The molecule has 1 aromatic heterocycles. The zero-order valence-electron chi connectivity index (χ0n) is 12.4. The highest BCUT2D eigenvalue weighted by Crippen LogP contribution is 2.33. The summed E-state index contributed by atoms with van der Waals surface area (Å²) in [5.74, 6) is 2.05. The predicted octanol–water partition coefficient (Wildman–Crippen LogP) is 3.72. The van der Waals surface area contributed by atoms with E-state index in [1.54, 1.807) is 0 Å². The van der Waals surface area contributed by atoms with Crippen LogP contribution in [0.25, 0.3) is 0 Å². The lowest BCUT2D eigenvalue weighted by Crippen LogP contribution is -2.35. The van der Waals surface area contributed by atoms with Crippen LogP contribution in [-0.2, 0) is 6.54 Å². The summed E-state index contributed by atoms with van der Waals surface area (Å²) in [6.45, 7) is 6.62. The standard InChI is InChI=1S/C16H24BrN3/c1-11(2)20(10-12-3-4-12)16-13(7-14(17)9-19-16)8-18-15-5-6-15/h7,9,11-12,15,18H,3-6,8,10H2,1-2H3. The van der Waals surface area contributed by atoms with Crippen LogP contribution in [0.1, 0.15) is 45.1 Å². The molecule has 3 rings (SSSR count). The van der Waals surface area contributed by atoms with Gasteiger partial charge in [0.05, 0.1) is 0 Å². The van der Waals surface area contributed by atoms with Crippen molar-refractivity contribution < 1.29 is 0 Å². The number of pyridine rings is 1. The van der Waals surface area contributed by atoms with Gasteiger partial charge in [-0.2, -0.15) is 0 Å². The van der Waals surface area contributed by atoms with Gasteiger partial charge in [0.2, 0.25) is 0 Å². The van der Waals surface area contributed by atoms with Gasteiger partial charge in [-0.05, 0) is 67.4 Å². The van der Waals surface area contributed by atoms with Crippen molar-refractivity contribution in [3.8, 4) is 0 Å². The fraction of sp³-hybridized carbons (Fsp3) is 0.688. The number of hydrogen-bond acceptors (Lipinski definition) is 3. The summed E-state index contributed by atoms with van der Waals surface area (Å²) in [7, 11) is 0. The SMILES string of the molecule is CC(C)N(CC1CC1)c1ncc(Br)cc1CNC1CC1. The van der Waals surface area contributed by atoms with Crippen molar-refractivity contribution in [3.63, 3.8) is 0 Å². The molecule has 2 saturated carbocycles. The molecular weight excluding hydrogens is 314 g/mol. The Bertz CT molecular complexity index is 467. The van der Waals surface area contributed by atoms with Gasteiger partial charge in [-0.15, -0.1) is 0 Å². The molecule has 0 aromatic carbocycles. The van der Waals surface area contributed by atoms with E-state index in [4.69, 9.17) is 4.98 Å². The molecule has 1 aromatic rings. The van der Waals surface area contributed by atoms with Crippen molar-refractivity contribution in [3.05, 3.63) is 22.3 Å². The van der Waals surface area contributed by atoms with Crippen LogP contribution in [0.4, 0.5) is 5.82 Å². The average molecular weight is 338 g/mol. The summed E-state index contributed by atoms with van der Waals surface area (Å²) in [6.07, 6.45) is 7.35. The fourth-order valence-corrected chi connectivity index (χ4v) is 2.90. The van der Waals surface area contributed by atoms with Gasteiger partial charge >= 0.3 is 0 Å². The van der Waals surface area contributed by atoms with Gasteiger partial charge in [-0.1, -0.05) is 0 Å². The molecule has 1 heterocycles. The molecule has 3 nitrogen and oxygen atoms in total. The molecule has 4 heteroatoms. The van der Waals surface area contributed by atoms with Crippen molar-refractivity contribution in [1.82, 2.24) is 10.3 Å². The lowest BCUT2D eigenvalue weighted by molar-refractivity contribution is 0.623. The molecule has 110 valence electrons. The van der Waals surface area contributed by atoms with Crippen molar-refractivity contribution >= 4 is 21.7 Å². The first-order valence-electron chi connectivity index (χ1n) is 7.78. The molecule has 0 aliphatic heterocycles. The summed E-state index contributed by atoms with van der Waals surface area (Å²) in [5.41, 5.74) is 1.32. The Hall–Kier alpha value is -0.610. The van der Waals surface area contributed by atoms with E-state index < -0.39 is 0 Å². The molecular formula is C16H24BrN3. The van der Waals surface area contributed by atoms with Gasteiger partial charge in [0, 0.05) is 41.4 Å². The Morgan fingerprint density at radius 3 is 2.70 bits per heavy atom. The monoisotopic (exact) mass is 337 g/mol. The van der Waals surface area contributed by atoms with Crippen molar-refractivity contribution in [2.75, 3.05) is 11.4 Å². The van der Waals surface area contributed by atoms with Crippen LogP contribution in [0.2, 0.25) is 0 Å². The number of anilines is 1. The second kappa shape index (κ2) is 6.02. The summed E-state index contributed by atoms with van der Waals surface area (Å²) in [4.78, 5) is 7.20. The lowest BCUT2D eigenvalue weighted by atomic mass is 10.2. The Morgan fingerprint density at radius 2 is 2.10 bits per heavy atom. The van der Waals surface area contributed by atoms with Crippen molar-refractivity contribution in [1.29, 1.82) is 0 Å². The summed E-state index contributed by atoms with van der Waals surface area (Å²) < 4.78 is 1.07. The molecule has 2 aliphatic rings. The van der Waals surface area contributed by atoms with Crippen LogP contribution < -0.4 is 10.2 Å². The van der Waals surface area contributed by atoms with Gasteiger partial charge < -0.3 is 10.2 Å². The number of halogens is 1. The van der Waals surface area contributed by atoms with Gasteiger partial charge in [0.15, 0.2) is 0 Å². The predicted molar refractivity (Wildman–Crippen MR) is 87.0 cm³/mol. The van der Waals surface area contributed by atoms with E-state index in [9.17, 15) is 0 Å². The molecule has 0 saturated heterocycles. The highest BCUT2D eigenvalue weighted by Gasteiger charge is 2.28. The van der Waals surface area contributed by atoms with Crippen LogP contribution in [0.3, 0.4) is 0 Å². The van der Waals surface area contributed by atoms with E-state index in [1.807, 2.05) is 6.20 Å². The second-order valence-corrected chi connectivity index (χ2v) is 7.40. The number of aromatic nitrogens is 1. The third-order valence-electron chi connectivity index (χ3n) is 4.12. The first kappa shape index (κ1) is 14.3. The van der Waals surface area contributed by atoms with E-state index in [1.165, 1.54) is 37.1 Å². The van der Waals surface area contributed by atoms with E-state index in [0.717, 1.165) is 29.5 Å². The van der Waals surface area contributed by atoms with Crippen LogP contribution >= 0.6 is 15.9 Å². The number of hydrogen-bond donors (Lipinski definition) is 1. The maximum absolute atomic E-state index is 4.72. The van der Waals surface area contributed by atoms with Crippen LogP contribution in [-0.4, -0.2) is 23.6 Å². The lowest BCUT2D eigenvalue weighted by Gasteiger charge is -2.30. The number of nitrogens with one attached hydrogen (secondary N) is 1. The van der Waals surface area contributed by atoms with Gasteiger partial charge in [-0.3, -0.25) is 0 Å². The largest absolute Gasteiger partial charge is 0.354 e. The molecule has 0 amide bonds. The Kier molecular flexibility index (Phi) is 4.32. The molecule has 2 fully saturated rings. The molecule has 0 spiro atoms. The van der Waals surface area contributed by atoms with E-state index in [0.29, 0.717) is 6.04 Å². The summed E-state index contributed by atoms with van der Waals surface area (Å²) >= 11 is 3.56. The number of rotatable bonds is 7. The topological polar surface area (TPSA) is 28.2 Å². The third kappa shape index (κ3) is 3.73. The molecule has 0 bridgehead atoms. The maximum Gasteiger partial charge on any atom is 0.133 e. The van der Waals surface area contributed by atoms with Crippen LogP contribution in [0.15, 0.2) is 16.7 Å². The summed E-state index contributed by atoms with van der Waals surface area (Å²) in [6, 6.07) is 3.46. The molecule has 0 atom stereocenters. The van der Waals surface area contributed by atoms with Crippen molar-refractivity contribution in [2.45, 2.75) is 58.2 Å². The quantitative estimate of drug-likeness (QED) is 0.821. The third-order valence-corrected chi connectivity index (χ3v) is 4.55. The maximum atomic E-state index is 4.72. The van der Waals surface area contributed by atoms with Crippen LogP contribution in [0, 0.1) is 5.92 Å². The highest BCUT2D eigenvalue weighted by atomic mass is 79.9. The highest BCUT2D eigenvalue weighted by molar-refractivity contribution is 9.10. The van der Waals surface area contributed by atoms with Gasteiger partial charge in [0.25, 0.3) is 0 Å². The molecule has 0 unspecified atom stereocenters. The summed E-state index contributed by atoms with van der Waals surface area (Å²) in [5, 5.41) is 3.62. The average Bonchev–Trinajstić information content (AvgIpc) is 3.28. The van der Waals surface area contributed by atoms with Crippen molar-refractivity contribution in [2.24, 2.45) is 5.92 Å². The minimum atomic E-state index is 0.504. The van der Waals surface area contributed by atoms with Gasteiger partial charge in [-0.25, -0.2) is 4.98 Å². The minimum absolute atomic E-state index is 0.504. The number of nitrogens with zero attached hydrogens (tertiary/aromatic N) is 2. The molecule has 2 aliphatic carbocycles. The first-order valence-corrected chi connectivity index (χ1v) is 8.57. The van der Waals surface area contributed by atoms with Gasteiger partial charge in [0.1, 0.15) is 5.82 Å². The van der Waals surface area contributed by atoms with E-state index in [-0.39, 0.29) is 0 Å². The molecule has 0 radical (unpaired) electrons. The van der Waals surface area contributed by atoms with E-state index in [2.05, 4.69) is 46.1 Å². The second-order valence-electron chi connectivity index (χ2n) is 6.48. The Labute approximate surface area is 130 Å². The van der Waals surface area contributed by atoms with Crippen LogP contribution in [0.5, 0.6) is 0 Å². The first-order chi connectivity index (χ1) is 9.63. The smallest absolute Gasteiger partial charge is 0.133 e. The normalized spacial score (nSPS) is 18.6. The fourth-order valence-electron chi connectivity index (χ4n) is 2.52. The zero-order valence-corrected chi connectivity index (χ0v) is 14.0. The molecule has 20 heavy (non-hydrogen) atoms. The zero-order chi connectivity index (χ0) is 14.1.